The van der Waals surface area contributed by atoms with Gasteiger partial charge in [-0.25, -0.2) is 0 Å². The van der Waals surface area contributed by atoms with Gasteiger partial charge in [0.2, 0.25) is 5.91 Å². The number of rotatable bonds is 49. The zero-order valence-electron chi connectivity index (χ0n) is 44.1. The Bertz CT molecular complexity index is 1360. The van der Waals surface area contributed by atoms with Crippen LogP contribution in [0.15, 0.2) is 85.1 Å². The third kappa shape index (κ3) is 51.4. The lowest BCUT2D eigenvalue weighted by atomic mass is 10.0. The molecule has 0 fully saturated rings. The fourth-order valence-corrected chi connectivity index (χ4v) is 8.25. The third-order valence-corrected chi connectivity index (χ3v) is 12.8. The van der Waals surface area contributed by atoms with Gasteiger partial charge in [-0.1, -0.05) is 221 Å². The molecule has 0 bridgehead atoms. The van der Waals surface area contributed by atoms with Crippen molar-refractivity contribution in [2.45, 2.75) is 238 Å². The van der Waals surface area contributed by atoms with Gasteiger partial charge < -0.3 is 28.8 Å². The number of quaternary nitrogens is 1. The predicted molar refractivity (Wildman–Crippen MR) is 288 cm³/mol. The fourth-order valence-electron chi connectivity index (χ4n) is 7.53. The van der Waals surface area contributed by atoms with Crippen molar-refractivity contribution in [2.75, 3.05) is 40.9 Å². The molecule has 0 aliphatic carbocycles. The van der Waals surface area contributed by atoms with Crippen LogP contribution in [0, 0.1) is 0 Å². The van der Waals surface area contributed by atoms with Crippen molar-refractivity contribution in [3.8, 4) is 0 Å². The first-order valence-corrected chi connectivity index (χ1v) is 28.9. The first kappa shape index (κ1) is 64.7. The molecule has 0 aliphatic rings. The quantitative estimate of drug-likeness (QED) is 0.0272. The Labute approximate surface area is 414 Å². The van der Waals surface area contributed by atoms with Gasteiger partial charge in [-0.05, 0) is 83.5 Å². The first-order valence-electron chi connectivity index (χ1n) is 27.4. The van der Waals surface area contributed by atoms with Gasteiger partial charge in [0.1, 0.15) is 13.2 Å². The minimum atomic E-state index is -4.61. The molecule has 67 heavy (non-hydrogen) atoms. The lowest BCUT2D eigenvalue weighted by molar-refractivity contribution is -0.870. The maximum Gasteiger partial charge on any atom is 0.268 e. The molecule has 0 spiro atoms. The molecule has 2 N–H and O–H groups in total. The highest BCUT2D eigenvalue weighted by Crippen LogP contribution is 2.38. The van der Waals surface area contributed by atoms with Crippen molar-refractivity contribution in [1.29, 1.82) is 0 Å². The number of aliphatic hydroxyl groups is 1. The Kier molecular flexibility index (Phi) is 47.0. The predicted octanol–water partition coefficient (Wildman–Crippen LogP) is 15.8. The summed E-state index contributed by atoms with van der Waals surface area (Å²) in [6.45, 7) is 4.51. The summed E-state index contributed by atoms with van der Waals surface area (Å²) in [5.41, 5.74) is 0. The molecule has 0 aromatic carbocycles. The van der Waals surface area contributed by atoms with Crippen LogP contribution in [0.2, 0.25) is 0 Å². The molecule has 3 atom stereocenters. The molecule has 0 aliphatic heterocycles. The number of amides is 1. The number of carbonyl (C=O) groups excluding carboxylic acids is 1. The Morgan fingerprint density at radius 1 is 0.537 bits per heavy atom. The van der Waals surface area contributed by atoms with Crippen molar-refractivity contribution in [3.63, 3.8) is 0 Å². The van der Waals surface area contributed by atoms with E-state index in [1.807, 2.05) is 27.2 Å². The SMILES string of the molecule is CC/C=C\C/C=C\C/C=C\C/C=C\CCCCCCCCCCCCC(=O)NC(COP(=O)([O-])OCC[N+](C)(C)C)C(O)/C=C/CC/C=C/CC/C=C/CCCCCCCCCCCCCC. The Hall–Kier alpha value is -2.32. The molecule has 0 aromatic rings. The summed E-state index contributed by atoms with van der Waals surface area (Å²) in [5, 5.41) is 13.8. The van der Waals surface area contributed by atoms with Crippen molar-refractivity contribution in [2.24, 2.45) is 0 Å². The fraction of sp³-hybridized carbons (Fsp3) is 0.741. The summed E-state index contributed by atoms with van der Waals surface area (Å²) in [6.07, 6.45) is 67.9. The number of hydrogen-bond donors (Lipinski definition) is 2. The molecule has 1 amide bonds. The maximum atomic E-state index is 12.9. The summed E-state index contributed by atoms with van der Waals surface area (Å²) in [5.74, 6) is -0.218. The maximum absolute atomic E-state index is 12.9. The molecule has 0 aromatic heterocycles. The summed E-state index contributed by atoms with van der Waals surface area (Å²) in [6, 6.07) is -0.917. The number of likely N-dealkylation sites (N-methyl/N-ethyl adjacent to an activating group) is 1. The van der Waals surface area contributed by atoms with Crippen LogP contribution >= 0.6 is 7.82 Å². The average Bonchev–Trinajstić information content (AvgIpc) is 3.29. The standard InChI is InChI=1S/C58H105N2O6P/c1-6-8-10-12-14-16-18-20-22-24-26-28-30-32-34-36-38-40-42-44-46-48-50-52-58(62)59-56(55-66-67(63,64)65-54-53-60(3,4)5)57(61)51-49-47-45-43-41-39-37-35-33-31-29-27-25-23-21-19-17-15-13-11-9-7-2/h8,10,14,16,20,22,26,28,33,35,41,43,49,51,56-57,61H,6-7,9,11-13,15,17-19,21,23-25,27,29-32,34,36-40,42,44-48,50,52-55H2,1-5H3,(H-,59,62,63,64)/b10-8-,16-14-,22-20-,28-26-,35-33+,43-41+,51-49+. The van der Waals surface area contributed by atoms with Gasteiger partial charge in [0.25, 0.3) is 7.82 Å². The van der Waals surface area contributed by atoms with E-state index in [1.165, 1.54) is 128 Å². The van der Waals surface area contributed by atoms with Crippen LogP contribution in [0.1, 0.15) is 226 Å². The number of aliphatic hydroxyl groups excluding tert-OH is 1. The number of unbranched alkanes of at least 4 members (excludes halogenated alkanes) is 24. The summed E-state index contributed by atoms with van der Waals surface area (Å²) < 4.78 is 23.3. The summed E-state index contributed by atoms with van der Waals surface area (Å²) in [4.78, 5) is 25.5. The number of nitrogens with zero attached hydrogens (tertiary/aromatic N) is 1. The number of phosphoric ester groups is 1. The second kappa shape index (κ2) is 48.7. The molecule has 8 nitrogen and oxygen atoms in total. The van der Waals surface area contributed by atoms with Crippen LogP contribution in [-0.2, 0) is 18.4 Å². The van der Waals surface area contributed by atoms with Crippen molar-refractivity contribution < 1.29 is 32.9 Å². The van der Waals surface area contributed by atoms with Gasteiger partial charge >= 0.3 is 0 Å². The van der Waals surface area contributed by atoms with Gasteiger partial charge in [-0.3, -0.25) is 9.36 Å². The van der Waals surface area contributed by atoms with Crippen LogP contribution in [0.4, 0.5) is 0 Å². The number of hydrogen-bond acceptors (Lipinski definition) is 6. The van der Waals surface area contributed by atoms with Gasteiger partial charge in [0.05, 0.1) is 39.9 Å². The van der Waals surface area contributed by atoms with Crippen LogP contribution in [0.25, 0.3) is 0 Å². The van der Waals surface area contributed by atoms with E-state index in [2.05, 4.69) is 92.1 Å². The van der Waals surface area contributed by atoms with E-state index in [-0.39, 0.29) is 12.5 Å². The van der Waals surface area contributed by atoms with E-state index >= 15 is 0 Å². The van der Waals surface area contributed by atoms with Crippen molar-refractivity contribution in [3.05, 3.63) is 85.1 Å². The van der Waals surface area contributed by atoms with Crippen molar-refractivity contribution in [1.82, 2.24) is 5.32 Å². The topological polar surface area (TPSA) is 108 Å². The van der Waals surface area contributed by atoms with Crippen LogP contribution < -0.4 is 10.2 Å². The van der Waals surface area contributed by atoms with E-state index in [0.717, 1.165) is 77.0 Å². The average molecular weight is 957 g/mol. The normalized spacial score (nSPS) is 14.7. The molecule has 0 rings (SSSR count). The highest BCUT2D eigenvalue weighted by atomic mass is 31.2. The number of nitrogens with one attached hydrogen (secondary N) is 1. The molecule has 0 saturated heterocycles. The second-order valence-corrected chi connectivity index (χ2v) is 20.9. The number of carbonyl (C=O) groups is 1. The smallest absolute Gasteiger partial charge is 0.268 e. The molecular formula is C58H105N2O6P. The molecule has 0 radical (unpaired) electrons. The molecule has 3 unspecified atom stereocenters. The second-order valence-electron chi connectivity index (χ2n) is 19.5. The number of allylic oxidation sites excluding steroid dienone is 13. The molecule has 388 valence electrons. The molecule has 9 heteroatoms. The van der Waals surface area contributed by atoms with Crippen LogP contribution in [0.3, 0.4) is 0 Å². The van der Waals surface area contributed by atoms with E-state index in [0.29, 0.717) is 17.4 Å². The monoisotopic (exact) mass is 957 g/mol. The highest BCUT2D eigenvalue weighted by Gasteiger charge is 2.23. The lowest BCUT2D eigenvalue weighted by Crippen LogP contribution is -2.45. The van der Waals surface area contributed by atoms with Crippen LogP contribution in [-0.4, -0.2) is 68.5 Å². The highest BCUT2D eigenvalue weighted by molar-refractivity contribution is 7.45. The molecule has 0 heterocycles. The minimum absolute atomic E-state index is 0.0136. The van der Waals surface area contributed by atoms with Gasteiger partial charge in [-0.2, -0.15) is 0 Å². The van der Waals surface area contributed by atoms with Crippen LogP contribution in [0.5, 0.6) is 0 Å². The zero-order chi connectivity index (χ0) is 49.2. The largest absolute Gasteiger partial charge is 0.756 e. The van der Waals surface area contributed by atoms with E-state index < -0.39 is 26.6 Å². The van der Waals surface area contributed by atoms with Crippen molar-refractivity contribution >= 4 is 13.7 Å². The minimum Gasteiger partial charge on any atom is -0.756 e. The van der Waals surface area contributed by atoms with Gasteiger partial charge in [0.15, 0.2) is 0 Å². The summed E-state index contributed by atoms with van der Waals surface area (Å²) in [7, 11) is 1.22. The van der Waals surface area contributed by atoms with Gasteiger partial charge in [0, 0.05) is 6.42 Å². The third-order valence-electron chi connectivity index (χ3n) is 11.8. The lowest BCUT2D eigenvalue weighted by Gasteiger charge is -2.29. The number of phosphoric acid groups is 1. The van der Waals surface area contributed by atoms with E-state index in [9.17, 15) is 19.4 Å². The zero-order valence-corrected chi connectivity index (χ0v) is 45.0. The Morgan fingerprint density at radius 3 is 1.39 bits per heavy atom. The molecule has 0 saturated carbocycles. The van der Waals surface area contributed by atoms with E-state index in [1.54, 1.807) is 6.08 Å². The first-order chi connectivity index (χ1) is 32.5. The Morgan fingerprint density at radius 2 is 0.925 bits per heavy atom. The van der Waals surface area contributed by atoms with E-state index in [4.69, 9.17) is 9.05 Å². The summed E-state index contributed by atoms with van der Waals surface area (Å²) >= 11 is 0. The molecular weight excluding hydrogens is 852 g/mol. The Balaban J connectivity index is 4.35. The van der Waals surface area contributed by atoms with Gasteiger partial charge in [-0.15, -0.1) is 0 Å².